The van der Waals surface area contributed by atoms with Crippen LogP contribution in [0.15, 0.2) is 60.8 Å². The van der Waals surface area contributed by atoms with E-state index in [1.54, 1.807) is 49.4 Å². The lowest BCUT2D eigenvalue weighted by Crippen LogP contribution is -2.54. The second-order valence-corrected chi connectivity index (χ2v) is 15.9. The Balaban J connectivity index is 0.804. The lowest BCUT2D eigenvalue weighted by Gasteiger charge is -2.27. The van der Waals surface area contributed by atoms with Crippen molar-refractivity contribution in [2.45, 2.75) is 44.4 Å². The van der Waals surface area contributed by atoms with Crippen LogP contribution in [0.2, 0.25) is 0 Å². The number of ether oxygens (including phenoxy) is 5. The first-order valence-corrected chi connectivity index (χ1v) is 22.0. The van der Waals surface area contributed by atoms with Crippen LogP contribution in [0.25, 0.3) is 10.8 Å². The summed E-state index contributed by atoms with van der Waals surface area (Å²) in [6, 6.07) is 13.0. The Kier molecular flexibility index (Phi) is 15.9. The Morgan fingerprint density at radius 1 is 0.912 bits per heavy atom. The maximum Gasteiger partial charge on any atom is 0.264 e. The number of benzene rings is 3. The van der Waals surface area contributed by atoms with Crippen LogP contribution < -0.4 is 36.5 Å². The van der Waals surface area contributed by atoms with Crippen molar-refractivity contribution in [2.75, 3.05) is 71.8 Å². The summed E-state index contributed by atoms with van der Waals surface area (Å²) in [6.07, 6.45) is 0.347. The summed E-state index contributed by atoms with van der Waals surface area (Å²) >= 11 is 0. The molecule has 1 aromatic heterocycles. The fraction of sp³-hybridized carbons (Fsp3) is 0.375. The van der Waals surface area contributed by atoms with Crippen LogP contribution in [0, 0.1) is 17.8 Å². The molecule has 0 saturated carbocycles. The lowest BCUT2D eigenvalue weighted by molar-refractivity contribution is -0.136. The number of carbonyl (C=O) groups excluding carboxylic acids is 7. The third kappa shape index (κ3) is 11.0. The first-order valence-electron chi connectivity index (χ1n) is 22.0. The number of imide groups is 2. The number of hydrogen-bond acceptors (Lipinski definition) is 14. The van der Waals surface area contributed by atoms with Crippen molar-refractivity contribution < 1.29 is 61.6 Å². The van der Waals surface area contributed by atoms with E-state index < -0.39 is 59.6 Å². The molecule has 3 aliphatic rings. The Morgan fingerprint density at radius 2 is 1.63 bits per heavy atom. The van der Waals surface area contributed by atoms with Gasteiger partial charge < -0.3 is 45.4 Å². The number of methoxy groups -OCH3 is 1. The molecule has 7 rings (SSSR count). The minimum Gasteiger partial charge on any atom is -0.497 e. The lowest BCUT2D eigenvalue weighted by atomic mass is 9.97. The third-order valence-electron chi connectivity index (χ3n) is 11.6. The van der Waals surface area contributed by atoms with Crippen LogP contribution in [0.1, 0.15) is 78.7 Å². The zero-order valence-corrected chi connectivity index (χ0v) is 37.3. The number of fused-ring (bicyclic) bond motifs is 2. The Labute approximate surface area is 389 Å². The highest BCUT2D eigenvalue weighted by Gasteiger charge is 2.46. The molecule has 0 aliphatic carbocycles. The number of pyridine rings is 1. The molecule has 20 heteroatoms. The average Bonchev–Trinajstić information content (AvgIpc) is 3.76. The van der Waals surface area contributed by atoms with Gasteiger partial charge in [0.2, 0.25) is 23.6 Å². The molecule has 1 unspecified atom stereocenters. The number of anilines is 1. The maximum absolute atomic E-state index is 14.4. The van der Waals surface area contributed by atoms with E-state index >= 15 is 0 Å². The van der Waals surface area contributed by atoms with Crippen molar-refractivity contribution >= 4 is 57.8 Å². The number of alkyl halides is 1. The molecule has 2 fully saturated rings. The van der Waals surface area contributed by atoms with Gasteiger partial charge in [0, 0.05) is 59.2 Å². The normalized spacial score (nSPS) is 18.7. The van der Waals surface area contributed by atoms with Crippen LogP contribution in [-0.4, -0.2) is 136 Å². The molecule has 0 radical (unpaired) electrons. The molecule has 0 bridgehead atoms. The Morgan fingerprint density at radius 3 is 2.32 bits per heavy atom. The number of primary amides is 1. The first-order chi connectivity index (χ1) is 32.9. The van der Waals surface area contributed by atoms with E-state index in [-0.39, 0.29) is 67.7 Å². The molecule has 2 saturated heterocycles. The molecule has 7 amide bonds. The SMILES string of the molecule is CC[C@@H]1[C@H](F)C(=O)N[C@@H]1COc1ncc(C#Cc2ccc(C(=O)NCCOCCOCCOCCNc3cccc4c3C(=O)N(C3CCC(=O)NC3=O)C4=O)cc2)c2c(C(N)=O)cc(OC)cc12. The molecule has 356 valence electrons. The van der Waals surface area contributed by atoms with E-state index in [1.165, 1.54) is 25.4 Å². The van der Waals surface area contributed by atoms with Gasteiger partial charge in [-0.3, -0.25) is 43.8 Å². The zero-order chi connectivity index (χ0) is 48.3. The van der Waals surface area contributed by atoms with Gasteiger partial charge in [0.1, 0.15) is 18.4 Å². The predicted molar refractivity (Wildman–Crippen MR) is 242 cm³/mol. The van der Waals surface area contributed by atoms with Gasteiger partial charge in [0.25, 0.3) is 23.6 Å². The van der Waals surface area contributed by atoms with Gasteiger partial charge in [0.15, 0.2) is 6.17 Å². The quantitative estimate of drug-likeness (QED) is 0.0457. The molecule has 3 aromatic carbocycles. The first kappa shape index (κ1) is 48.5. The van der Waals surface area contributed by atoms with Gasteiger partial charge in [-0.1, -0.05) is 24.8 Å². The van der Waals surface area contributed by atoms with E-state index in [9.17, 15) is 38.0 Å². The van der Waals surface area contributed by atoms with Crippen LogP contribution in [-0.2, 0) is 28.6 Å². The summed E-state index contributed by atoms with van der Waals surface area (Å²) in [5.74, 6) is 1.96. The highest BCUT2D eigenvalue weighted by atomic mass is 19.1. The zero-order valence-electron chi connectivity index (χ0n) is 37.3. The molecule has 68 heavy (non-hydrogen) atoms. The van der Waals surface area contributed by atoms with Gasteiger partial charge in [-0.2, -0.15) is 0 Å². The Hall–Kier alpha value is -7.47. The molecular formula is C48H50FN7O12. The van der Waals surface area contributed by atoms with Gasteiger partial charge in [0.05, 0.1) is 75.0 Å². The van der Waals surface area contributed by atoms with E-state index in [4.69, 9.17) is 29.4 Å². The van der Waals surface area contributed by atoms with E-state index in [0.29, 0.717) is 78.3 Å². The fourth-order valence-electron chi connectivity index (χ4n) is 8.09. The number of nitrogens with one attached hydrogen (secondary N) is 4. The molecule has 6 N–H and O–H groups in total. The number of nitrogens with zero attached hydrogens (tertiary/aromatic N) is 2. The topological polar surface area (TPSA) is 256 Å². The highest BCUT2D eigenvalue weighted by molar-refractivity contribution is 6.25. The highest BCUT2D eigenvalue weighted by Crippen LogP contribution is 2.35. The van der Waals surface area contributed by atoms with E-state index in [2.05, 4.69) is 38.1 Å². The number of halogens is 1. The van der Waals surface area contributed by atoms with Gasteiger partial charge in [-0.15, -0.1) is 0 Å². The monoisotopic (exact) mass is 935 g/mol. The molecular weight excluding hydrogens is 886 g/mol. The molecule has 0 spiro atoms. The minimum absolute atomic E-state index is 0.0387. The number of amides is 7. The van der Waals surface area contributed by atoms with Gasteiger partial charge in [-0.05, 0) is 61.4 Å². The predicted octanol–water partition coefficient (Wildman–Crippen LogP) is 2.28. The second kappa shape index (κ2) is 22.3. The molecule has 19 nitrogen and oxygen atoms in total. The number of aromatic nitrogens is 1. The minimum atomic E-state index is -1.63. The largest absolute Gasteiger partial charge is 0.497 e. The van der Waals surface area contributed by atoms with Crippen LogP contribution >= 0.6 is 0 Å². The summed E-state index contributed by atoms with van der Waals surface area (Å²) in [5, 5.41) is 11.5. The molecule has 3 aliphatic heterocycles. The van der Waals surface area contributed by atoms with Crippen LogP contribution in [0.3, 0.4) is 0 Å². The number of rotatable bonds is 21. The summed E-state index contributed by atoms with van der Waals surface area (Å²) in [5.41, 5.74) is 8.05. The van der Waals surface area contributed by atoms with E-state index in [1.807, 2.05) is 0 Å². The standard InChI is InChI=1S/C48H50FN7O12/c1-3-31-36(54-45(61)41(31)49)26-68-46-34-24-30(64-2)23-33(42(50)58)39(34)29(25-53-46)12-9-27-7-10-28(11-8-27)43(59)52-16-18-66-20-22-67-21-19-65-17-15-51-35-6-4-5-32-40(35)48(63)56(47(32)62)37-13-14-38(57)55-44(37)60/h4-8,10-11,23-25,31,36-37,41,51H,3,13-22,26H2,1-2H3,(H2,50,58)(H,52,59)(H,54,61)(H,55,57,60)/t31-,36+,37?,41-/m0/s1. The Bertz CT molecular complexity index is 2670. The second-order valence-electron chi connectivity index (χ2n) is 15.9. The number of nitrogens with two attached hydrogens (primary N) is 1. The van der Waals surface area contributed by atoms with Gasteiger partial charge in [-0.25, -0.2) is 9.37 Å². The van der Waals surface area contributed by atoms with Crippen molar-refractivity contribution in [3.8, 4) is 23.5 Å². The maximum atomic E-state index is 14.4. The van der Waals surface area contributed by atoms with Crippen LogP contribution in [0.4, 0.5) is 10.1 Å². The number of hydrogen-bond donors (Lipinski definition) is 5. The van der Waals surface area contributed by atoms with Crippen molar-refractivity contribution in [3.63, 3.8) is 0 Å². The van der Waals surface area contributed by atoms with Gasteiger partial charge >= 0.3 is 0 Å². The van der Waals surface area contributed by atoms with Crippen LogP contribution in [0.5, 0.6) is 11.6 Å². The molecule has 4 heterocycles. The van der Waals surface area contributed by atoms with E-state index in [0.717, 1.165) is 4.90 Å². The summed E-state index contributed by atoms with van der Waals surface area (Å²) in [4.78, 5) is 93.0. The summed E-state index contributed by atoms with van der Waals surface area (Å²) < 4.78 is 42.6. The number of carbonyl (C=O) groups is 7. The summed E-state index contributed by atoms with van der Waals surface area (Å²) in [7, 11) is 1.44. The van der Waals surface area contributed by atoms with Crippen molar-refractivity contribution in [1.82, 2.24) is 25.8 Å². The third-order valence-corrected chi connectivity index (χ3v) is 11.6. The molecule has 4 atom stereocenters. The average molecular weight is 936 g/mol. The molecule has 4 aromatic rings. The number of piperidine rings is 1. The summed E-state index contributed by atoms with van der Waals surface area (Å²) in [6.45, 7) is 4.06. The van der Waals surface area contributed by atoms with Crippen molar-refractivity contribution in [1.29, 1.82) is 0 Å². The fourth-order valence-corrected chi connectivity index (χ4v) is 8.09. The smallest absolute Gasteiger partial charge is 0.264 e. The van der Waals surface area contributed by atoms with Crippen molar-refractivity contribution in [2.24, 2.45) is 11.7 Å². The van der Waals surface area contributed by atoms with Crippen molar-refractivity contribution in [3.05, 3.63) is 94.2 Å².